The van der Waals surface area contributed by atoms with Crippen molar-refractivity contribution in [1.29, 1.82) is 0 Å². The molecule has 2 aliphatic rings. The van der Waals surface area contributed by atoms with Gasteiger partial charge in [-0.05, 0) is 25.1 Å². The van der Waals surface area contributed by atoms with Crippen molar-refractivity contribution in [1.82, 2.24) is 9.91 Å². The van der Waals surface area contributed by atoms with E-state index in [-0.39, 0.29) is 10.8 Å². The number of esters is 4. The van der Waals surface area contributed by atoms with Gasteiger partial charge >= 0.3 is 29.5 Å². The van der Waals surface area contributed by atoms with E-state index in [4.69, 9.17) is 32.8 Å². The smallest absolute Gasteiger partial charge is 0.336 e. The number of thioether (sulfide) groups is 1. The molecule has 0 saturated carbocycles. The monoisotopic (exact) mass is 705 g/mol. The first kappa shape index (κ1) is 36.9. The van der Waals surface area contributed by atoms with Crippen LogP contribution in [0.4, 0.5) is 0 Å². The molecule has 2 aromatic rings. The van der Waals surface area contributed by atoms with Crippen molar-refractivity contribution in [2.75, 3.05) is 13.2 Å². The number of hydrogen-bond acceptors (Lipinski definition) is 16. The van der Waals surface area contributed by atoms with Gasteiger partial charge in [0.2, 0.25) is 11.8 Å². The molecule has 0 radical (unpaired) electrons. The molecule has 0 N–H and O–H groups in total. The highest BCUT2D eigenvalue weighted by molar-refractivity contribution is 8.14. The molecular weight excluding hydrogens is 670 g/mol. The highest BCUT2D eigenvalue weighted by Crippen LogP contribution is 2.44. The maximum absolute atomic E-state index is 13.5. The first-order valence-corrected chi connectivity index (χ1v) is 15.8. The van der Waals surface area contributed by atoms with E-state index in [9.17, 15) is 33.6 Å². The van der Waals surface area contributed by atoms with Gasteiger partial charge in [-0.25, -0.2) is 9.80 Å². The van der Waals surface area contributed by atoms with Crippen LogP contribution in [0.1, 0.15) is 59.4 Å². The van der Waals surface area contributed by atoms with Crippen LogP contribution in [0.15, 0.2) is 38.6 Å². The largest absolute Gasteiger partial charge is 0.494 e. The van der Waals surface area contributed by atoms with Gasteiger partial charge in [-0.3, -0.25) is 33.7 Å². The van der Waals surface area contributed by atoms with Crippen LogP contribution in [0.3, 0.4) is 0 Å². The lowest BCUT2D eigenvalue weighted by atomic mass is 9.96. The number of amidine groups is 1. The minimum absolute atomic E-state index is 0.143. The molecule has 1 aromatic carbocycles. The van der Waals surface area contributed by atoms with Crippen molar-refractivity contribution in [2.45, 2.75) is 84.5 Å². The fraction of sp³-hybridized carbons (Fsp3) is 0.484. The van der Waals surface area contributed by atoms with Gasteiger partial charge in [0.25, 0.3) is 0 Å². The fourth-order valence-electron chi connectivity index (χ4n) is 5.32. The lowest BCUT2D eigenvalue weighted by molar-refractivity contribution is -0.269. The zero-order valence-electron chi connectivity index (χ0n) is 27.7. The summed E-state index contributed by atoms with van der Waals surface area (Å²) in [5.74, 6) is -4.13. The summed E-state index contributed by atoms with van der Waals surface area (Å²) in [4.78, 5) is 88.7. The molecule has 0 spiro atoms. The van der Waals surface area contributed by atoms with Crippen molar-refractivity contribution < 1.29 is 61.6 Å². The van der Waals surface area contributed by atoms with Gasteiger partial charge in [-0.2, -0.15) is 0 Å². The standard InChI is InChI=1S/C31H35N3O14S/c1-8-42-20-9-10-23-21(11-20)22(12-25(41)47-23)30-34(15(3)36)32-31(49-30)33(14(2)35)29-28(46-19(7)40)27(45-18(6)39)26(44-17(5)38)24(48-29)13-43-16(4)37/h9-12,24,26-30H,8,13H2,1-7H3/t24-,26+,27+,28-,29-,30?/m1/s1. The molecule has 1 aromatic heterocycles. The van der Waals surface area contributed by atoms with Gasteiger partial charge in [0.05, 0.1) is 6.61 Å². The molecule has 1 unspecified atom stereocenters. The van der Waals surface area contributed by atoms with E-state index < -0.39 is 83.9 Å². The average molecular weight is 706 g/mol. The number of rotatable bonds is 9. The number of nitrogens with zero attached hydrogens (tertiary/aromatic N) is 3. The minimum atomic E-state index is -1.64. The molecule has 0 aliphatic carbocycles. The summed E-state index contributed by atoms with van der Waals surface area (Å²) in [6.07, 6.45) is -7.67. The molecule has 17 nitrogen and oxygen atoms in total. The van der Waals surface area contributed by atoms with Crippen molar-refractivity contribution in [3.05, 3.63) is 40.2 Å². The Balaban J connectivity index is 1.85. The molecule has 2 amide bonds. The van der Waals surface area contributed by atoms with Crippen molar-refractivity contribution >= 4 is 63.6 Å². The second kappa shape index (κ2) is 15.5. The Bertz CT molecular complexity index is 1740. The minimum Gasteiger partial charge on any atom is -0.494 e. The highest BCUT2D eigenvalue weighted by atomic mass is 32.2. The van der Waals surface area contributed by atoms with Crippen molar-refractivity contribution in [3.8, 4) is 5.75 Å². The molecular formula is C31H35N3O14S. The number of ether oxygens (including phenoxy) is 6. The SMILES string of the molecule is CCOc1ccc2oc(=O)cc(C3SC(N(C(C)=O)[C@@H]4O[C@H](COC(C)=O)[C@H](OC(C)=O)[C@H](OC(C)=O)[C@H]4OC(C)=O)=NN3C(C)=O)c2c1. The second-order valence-electron chi connectivity index (χ2n) is 10.8. The fourth-order valence-corrected chi connectivity index (χ4v) is 6.61. The van der Waals surface area contributed by atoms with Gasteiger partial charge in [-0.15, -0.1) is 5.10 Å². The Hall–Kier alpha value is -4.97. The zero-order chi connectivity index (χ0) is 36.2. The summed E-state index contributed by atoms with van der Waals surface area (Å²) in [6, 6.07) is 5.99. The van der Waals surface area contributed by atoms with Gasteiger partial charge in [-0.1, -0.05) is 11.8 Å². The maximum atomic E-state index is 13.5. The predicted molar refractivity (Wildman–Crippen MR) is 168 cm³/mol. The van der Waals surface area contributed by atoms with Crippen LogP contribution >= 0.6 is 11.8 Å². The summed E-state index contributed by atoms with van der Waals surface area (Å²) >= 11 is 0.880. The van der Waals surface area contributed by atoms with Gasteiger partial charge in [0.15, 0.2) is 29.7 Å². The van der Waals surface area contributed by atoms with Crippen LogP contribution in [0.25, 0.3) is 11.0 Å². The molecule has 2 aliphatic heterocycles. The first-order valence-electron chi connectivity index (χ1n) is 15.0. The molecule has 3 heterocycles. The van der Waals surface area contributed by atoms with E-state index in [0.29, 0.717) is 23.3 Å². The summed E-state index contributed by atoms with van der Waals surface area (Å²) in [5.41, 5.74) is -0.212. The molecule has 1 fully saturated rings. The normalized spacial score (nSPS) is 23.2. The van der Waals surface area contributed by atoms with Crippen LogP contribution in [0, 0.1) is 0 Å². The third kappa shape index (κ3) is 8.55. The highest BCUT2D eigenvalue weighted by Gasteiger charge is 2.56. The number of carbonyl (C=O) groups excluding carboxylic acids is 6. The van der Waals surface area contributed by atoms with Gasteiger partial charge in [0, 0.05) is 58.6 Å². The van der Waals surface area contributed by atoms with Crippen molar-refractivity contribution in [3.63, 3.8) is 0 Å². The van der Waals surface area contributed by atoms with Crippen LogP contribution in [0.2, 0.25) is 0 Å². The maximum Gasteiger partial charge on any atom is 0.336 e. The number of benzene rings is 1. The van der Waals surface area contributed by atoms with Gasteiger partial charge < -0.3 is 32.8 Å². The Morgan fingerprint density at radius 1 is 0.878 bits per heavy atom. The second-order valence-corrected chi connectivity index (χ2v) is 11.9. The molecule has 264 valence electrons. The molecule has 18 heteroatoms. The van der Waals surface area contributed by atoms with Crippen LogP contribution < -0.4 is 10.4 Å². The van der Waals surface area contributed by atoms with E-state index in [1.54, 1.807) is 25.1 Å². The van der Waals surface area contributed by atoms with Crippen LogP contribution in [-0.4, -0.2) is 94.6 Å². The number of carbonyl (C=O) groups is 6. The van der Waals surface area contributed by atoms with E-state index in [0.717, 1.165) is 56.3 Å². The number of fused-ring (bicyclic) bond motifs is 1. The topological polar surface area (TPSA) is 207 Å². The number of hydrogen-bond donors (Lipinski definition) is 0. The summed E-state index contributed by atoms with van der Waals surface area (Å²) < 4.78 is 38.8. The third-order valence-electron chi connectivity index (χ3n) is 7.04. The third-order valence-corrected chi connectivity index (χ3v) is 8.21. The van der Waals surface area contributed by atoms with E-state index >= 15 is 0 Å². The van der Waals surface area contributed by atoms with E-state index in [1.165, 1.54) is 13.0 Å². The zero-order valence-corrected chi connectivity index (χ0v) is 28.5. The number of amides is 2. The van der Waals surface area contributed by atoms with Crippen LogP contribution in [0.5, 0.6) is 5.75 Å². The molecule has 1 saturated heterocycles. The molecule has 0 bridgehead atoms. The summed E-state index contributed by atoms with van der Waals surface area (Å²) in [6.45, 7) is 8.31. The van der Waals surface area contributed by atoms with Crippen LogP contribution in [-0.2, 0) is 52.5 Å². The van der Waals surface area contributed by atoms with Crippen molar-refractivity contribution in [2.24, 2.45) is 5.10 Å². The molecule has 6 atom stereocenters. The van der Waals surface area contributed by atoms with Gasteiger partial charge in [0.1, 0.15) is 29.4 Å². The summed E-state index contributed by atoms with van der Waals surface area (Å²) in [5, 5.41) is 4.71. The molecule has 49 heavy (non-hydrogen) atoms. The Morgan fingerprint density at radius 2 is 1.51 bits per heavy atom. The first-order chi connectivity index (χ1) is 23.1. The van der Waals surface area contributed by atoms with E-state index in [2.05, 4.69) is 5.10 Å². The Kier molecular flexibility index (Phi) is 11.7. The van der Waals surface area contributed by atoms with E-state index in [1.807, 2.05) is 0 Å². The Labute approximate surface area is 283 Å². The summed E-state index contributed by atoms with van der Waals surface area (Å²) in [7, 11) is 0. The number of hydrazone groups is 1. The average Bonchev–Trinajstić information content (AvgIpc) is 3.43. The Morgan fingerprint density at radius 3 is 2.08 bits per heavy atom. The molecule has 4 rings (SSSR count). The lowest BCUT2D eigenvalue weighted by Crippen LogP contribution is -2.67. The predicted octanol–water partition coefficient (Wildman–Crippen LogP) is 1.99. The lowest BCUT2D eigenvalue weighted by Gasteiger charge is -2.47. The quantitative estimate of drug-likeness (QED) is 0.208.